The zero-order chi connectivity index (χ0) is 11.8. The average molecular weight is 226 g/mol. The SMILES string of the molecule is Cc1cc(C)c(C(=O)S(C)(=O)=O)c(C)c1. The van der Waals surface area contributed by atoms with Crippen molar-refractivity contribution >= 4 is 15.0 Å². The molecular weight excluding hydrogens is 212 g/mol. The Balaban J connectivity index is 3.46. The summed E-state index contributed by atoms with van der Waals surface area (Å²) in [5.41, 5.74) is 2.75. The highest BCUT2D eigenvalue weighted by Crippen LogP contribution is 2.18. The maximum Gasteiger partial charge on any atom is 0.276 e. The molecule has 0 amide bonds. The van der Waals surface area contributed by atoms with E-state index in [0.29, 0.717) is 16.7 Å². The maximum atomic E-state index is 11.6. The van der Waals surface area contributed by atoms with Gasteiger partial charge in [-0.25, -0.2) is 8.42 Å². The van der Waals surface area contributed by atoms with Crippen LogP contribution in [-0.2, 0) is 9.84 Å². The van der Waals surface area contributed by atoms with Crippen molar-refractivity contribution < 1.29 is 13.2 Å². The Morgan fingerprint density at radius 2 is 1.47 bits per heavy atom. The molecule has 0 saturated heterocycles. The van der Waals surface area contributed by atoms with Crippen LogP contribution in [0.25, 0.3) is 0 Å². The Hall–Kier alpha value is -1.16. The third-order valence-electron chi connectivity index (χ3n) is 2.22. The molecule has 82 valence electrons. The lowest BCUT2D eigenvalue weighted by Crippen LogP contribution is -2.15. The lowest BCUT2D eigenvalue weighted by Gasteiger charge is -2.08. The van der Waals surface area contributed by atoms with Crippen molar-refractivity contribution in [2.45, 2.75) is 20.8 Å². The standard InChI is InChI=1S/C11H14O3S/c1-7-5-8(2)10(9(3)6-7)11(12)15(4,13)14/h5-6H,1-4H3. The van der Waals surface area contributed by atoms with Gasteiger partial charge < -0.3 is 0 Å². The number of benzene rings is 1. The molecule has 0 N–H and O–H groups in total. The second kappa shape index (κ2) is 3.77. The van der Waals surface area contributed by atoms with Crippen LogP contribution in [0, 0.1) is 20.8 Å². The van der Waals surface area contributed by atoms with Crippen LogP contribution in [0.3, 0.4) is 0 Å². The van der Waals surface area contributed by atoms with Gasteiger partial charge in [-0.3, -0.25) is 4.79 Å². The summed E-state index contributed by atoms with van der Waals surface area (Å²) in [6.45, 7) is 5.41. The smallest absolute Gasteiger partial charge is 0.276 e. The second-order valence-corrected chi connectivity index (χ2v) is 5.75. The zero-order valence-corrected chi connectivity index (χ0v) is 10.1. The fraction of sp³-hybridized carbons (Fsp3) is 0.364. The Morgan fingerprint density at radius 1 is 1.07 bits per heavy atom. The molecular formula is C11H14O3S. The molecule has 3 nitrogen and oxygen atoms in total. The molecule has 4 heteroatoms. The van der Waals surface area contributed by atoms with E-state index in [-0.39, 0.29) is 0 Å². The maximum absolute atomic E-state index is 11.6. The number of hydrogen-bond donors (Lipinski definition) is 0. The van der Waals surface area contributed by atoms with E-state index in [0.717, 1.165) is 11.8 Å². The molecule has 0 saturated carbocycles. The number of carbonyl (C=O) groups is 1. The van der Waals surface area contributed by atoms with Gasteiger partial charge in [0.2, 0.25) is 9.84 Å². The third kappa shape index (κ3) is 2.45. The van der Waals surface area contributed by atoms with Crippen LogP contribution < -0.4 is 0 Å². The number of carbonyl (C=O) groups excluding carboxylic acids is 1. The fourth-order valence-corrected chi connectivity index (χ4v) is 2.38. The van der Waals surface area contributed by atoms with Crippen molar-refractivity contribution in [2.24, 2.45) is 0 Å². The molecule has 1 rings (SSSR count). The van der Waals surface area contributed by atoms with Gasteiger partial charge in [0.25, 0.3) is 5.12 Å². The van der Waals surface area contributed by atoms with E-state index in [2.05, 4.69) is 0 Å². The summed E-state index contributed by atoms with van der Waals surface area (Å²) in [5, 5.41) is -0.794. The van der Waals surface area contributed by atoms with Gasteiger partial charge in [-0.1, -0.05) is 17.7 Å². The van der Waals surface area contributed by atoms with Gasteiger partial charge >= 0.3 is 0 Å². The molecule has 0 fully saturated rings. The first-order valence-electron chi connectivity index (χ1n) is 4.55. The molecule has 15 heavy (non-hydrogen) atoms. The minimum Gasteiger partial charge on any atom is -0.276 e. The van der Waals surface area contributed by atoms with E-state index in [1.165, 1.54) is 0 Å². The average Bonchev–Trinajstić information content (AvgIpc) is 1.99. The van der Waals surface area contributed by atoms with E-state index in [1.807, 2.05) is 19.1 Å². The molecule has 0 heterocycles. The number of aryl methyl sites for hydroxylation is 3. The monoisotopic (exact) mass is 226 g/mol. The molecule has 0 aliphatic heterocycles. The number of sulfone groups is 1. The van der Waals surface area contributed by atoms with Crippen LogP contribution in [0.2, 0.25) is 0 Å². The van der Waals surface area contributed by atoms with Crippen LogP contribution in [0.4, 0.5) is 0 Å². The van der Waals surface area contributed by atoms with Crippen LogP contribution in [-0.4, -0.2) is 19.8 Å². The molecule has 0 bridgehead atoms. The Morgan fingerprint density at radius 3 is 1.80 bits per heavy atom. The van der Waals surface area contributed by atoms with E-state index in [1.54, 1.807) is 13.8 Å². The summed E-state index contributed by atoms with van der Waals surface area (Å²) in [4.78, 5) is 11.6. The molecule has 0 atom stereocenters. The molecule has 0 aromatic heterocycles. The lowest BCUT2D eigenvalue weighted by atomic mass is 10.0. The number of hydrogen-bond acceptors (Lipinski definition) is 3. The van der Waals surface area contributed by atoms with Gasteiger partial charge in [-0.15, -0.1) is 0 Å². The summed E-state index contributed by atoms with van der Waals surface area (Å²) < 4.78 is 22.3. The van der Waals surface area contributed by atoms with Gasteiger partial charge in [0.15, 0.2) is 0 Å². The van der Waals surface area contributed by atoms with Crippen molar-refractivity contribution in [2.75, 3.05) is 6.26 Å². The summed E-state index contributed by atoms with van der Waals surface area (Å²) >= 11 is 0. The molecule has 0 radical (unpaired) electrons. The zero-order valence-electron chi connectivity index (χ0n) is 9.29. The summed E-state index contributed by atoms with van der Waals surface area (Å²) in [6, 6.07) is 3.62. The van der Waals surface area contributed by atoms with E-state index in [9.17, 15) is 13.2 Å². The van der Waals surface area contributed by atoms with Gasteiger partial charge in [0.05, 0.1) is 0 Å². The first kappa shape index (κ1) is 11.9. The largest absolute Gasteiger partial charge is 0.276 e. The van der Waals surface area contributed by atoms with Crippen LogP contribution >= 0.6 is 0 Å². The first-order valence-corrected chi connectivity index (χ1v) is 6.45. The third-order valence-corrected chi connectivity index (χ3v) is 3.10. The van der Waals surface area contributed by atoms with E-state index < -0.39 is 15.0 Å². The predicted molar refractivity (Wildman–Crippen MR) is 59.8 cm³/mol. The van der Waals surface area contributed by atoms with Crippen LogP contribution in [0.15, 0.2) is 12.1 Å². The van der Waals surface area contributed by atoms with E-state index in [4.69, 9.17) is 0 Å². The Bertz CT molecular complexity index is 490. The molecule has 1 aromatic carbocycles. The van der Waals surface area contributed by atoms with E-state index >= 15 is 0 Å². The van der Waals surface area contributed by atoms with Crippen LogP contribution in [0.5, 0.6) is 0 Å². The first-order chi connectivity index (χ1) is 6.73. The minimum absolute atomic E-state index is 0.308. The Kier molecular flexibility index (Phi) is 3.00. The highest BCUT2D eigenvalue weighted by molar-refractivity contribution is 8.06. The molecule has 0 spiro atoms. The van der Waals surface area contributed by atoms with Crippen molar-refractivity contribution in [3.8, 4) is 0 Å². The lowest BCUT2D eigenvalue weighted by molar-refractivity contribution is 0.107. The normalized spacial score (nSPS) is 11.5. The van der Waals surface area contributed by atoms with Crippen molar-refractivity contribution in [3.63, 3.8) is 0 Å². The van der Waals surface area contributed by atoms with Crippen LogP contribution in [0.1, 0.15) is 27.0 Å². The molecule has 0 aliphatic carbocycles. The predicted octanol–water partition coefficient (Wildman–Crippen LogP) is 1.80. The highest BCUT2D eigenvalue weighted by Gasteiger charge is 2.22. The fourth-order valence-electron chi connectivity index (χ4n) is 1.69. The van der Waals surface area contributed by atoms with Gasteiger partial charge in [0, 0.05) is 11.8 Å². The summed E-state index contributed by atoms with van der Waals surface area (Å²) in [6.07, 6.45) is 0.939. The van der Waals surface area contributed by atoms with Gasteiger partial charge in [-0.2, -0.15) is 0 Å². The van der Waals surface area contributed by atoms with Gasteiger partial charge in [-0.05, 0) is 31.9 Å². The quantitative estimate of drug-likeness (QED) is 0.733. The highest BCUT2D eigenvalue weighted by atomic mass is 32.2. The second-order valence-electron chi connectivity index (χ2n) is 3.83. The summed E-state index contributed by atoms with van der Waals surface area (Å²) in [5.74, 6) is 0. The summed E-state index contributed by atoms with van der Waals surface area (Å²) in [7, 11) is -3.65. The minimum atomic E-state index is -3.65. The Labute approximate surface area is 90.0 Å². The number of rotatable bonds is 1. The molecule has 1 aromatic rings. The van der Waals surface area contributed by atoms with Gasteiger partial charge in [0.1, 0.15) is 0 Å². The topological polar surface area (TPSA) is 51.2 Å². The van der Waals surface area contributed by atoms with Crippen molar-refractivity contribution in [3.05, 3.63) is 34.4 Å². The molecule has 0 aliphatic rings. The van der Waals surface area contributed by atoms with Crippen molar-refractivity contribution in [1.29, 1.82) is 0 Å². The molecule has 0 unspecified atom stereocenters. The van der Waals surface area contributed by atoms with Crippen molar-refractivity contribution in [1.82, 2.24) is 0 Å².